The molecule has 0 atom stereocenters. The number of halogens is 1. The minimum absolute atomic E-state index is 0.354. The molecular weight excluding hydrogens is 451 g/mol. The molecule has 5 rings (SSSR count). The topological polar surface area (TPSA) is 76.6 Å². The molecule has 164 valence electrons. The number of morpholine rings is 1. The van der Waals surface area contributed by atoms with Crippen LogP contribution in [0.1, 0.15) is 10.4 Å². The number of fused-ring (bicyclic) bond motifs is 1. The monoisotopic (exact) mass is 470 g/mol. The molecule has 10 heteroatoms. The SMILES string of the molecule is COc1ccc(-c2csc(N3CCOCC3)n2)c2sc(NC(=O)c3ccc(F)cc3)nc12. The molecule has 0 bridgehead atoms. The largest absolute Gasteiger partial charge is 0.494 e. The first-order chi connectivity index (χ1) is 15.6. The van der Waals surface area contributed by atoms with E-state index in [0.29, 0.717) is 35.2 Å². The number of rotatable bonds is 5. The zero-order valence-electron chi connectivity index (χ0n) is 17.1. The number of benzene rings is 2. The molecule has 0 saturated carbocycles. The number of carbonyl (C=O) groups is 1. The molecule has 1 aliphatic heterocycles. The van der Waals surface area contributed by atoms with Crippen molar-refractivity contribution >= 4 is 49.1 Å². The number of nitrogens with one attached hydrogen (secondary N) is 1. The van der Waals surface area contributed by atoms with Crippen LogP contribution in [0.15, 0.2) is 41.8 Å². The van der Waals surface area contributed by atoms with Crippen LogP contribution in [0.3, 0.4) is 0 Å². The van der Waals surface area contributed by atoms with Crippen LogP contribution >= 0.6 is 22.7 Å². The molecule has 0 unspecified atom stereocenters. The third-order valence-electron chi connectivity index (χ3n) is 5.10. The van der Waals surface area contributed by atoms with Gasteiger partial charge in [-0.2, -0.15) is 0 Å². The van der Waals surface area contributed by atoms with Crippen molar-refractivity contribution in [2.75, 3.05) is 43.6 Å². The van der Waals surface area contributed by atoms with Gasteiger partial charge in [0, 0.05) is 29.6 Å². The van der Waals surface area contributed by atoms with E-state index in [1.165, 1.54) is 35.6 Å². The summed E-state index contributed by atoms with van der Waals surface area (Å²) in [5.41, 5.74) is 2.79. The van der Waals surface area contributed by atoms with E-state index in [4.69, 9.17) is 14.5 Å². The number of anilines is 2. The van der Waals surface area contributed by atoms with E-state index < -0.39 is 5.82 Å². The summed E-state index contributed by atoms with van der Waals surface area (Å²) in [6.45, 7) is 3.05. The number of thiazole rings is 2. The highest BCUT2D eigenvalue weighted by molar-refractivity contribution is 7.23. The quantitative estimate of drug-likeness (QED) is 0.457. The Balaban J connectivity index is 1.48. The number of hydrogen-bond donors (Lipinski definition) is 1. The second-order valence-corrected chi connectivity index (χ2v) is 8.92. The van der Waals surface area contributed by atoms with Crippen LogP contribution in [0.2, 0.25) is 0 Å². The van der Waals surface area contributed by atoms with Gasteiger partial charge in [-0.1, -0.05) is 11.3 Å². The maximum atomic E-state index is 13.2. The van der Waals surface area contributed by atoms with Crippen LogP contribution in [0.4, 0.5) is 14.7 Å². The van der Waals surface area contributed by atoms with E-state index in [0.717, 1.165) is 34.2 Å². The third-order valence-corrected chi connectivity index (χ3v) is 7.01. The fraction of sp³-hybridized carbons (Fsp3) is 0.227. The smallest absolute Gasteiger partial charge is 0.257 e. The van der Waals surface area contributed by atoms with Crippen molar-refractivity contribution in [2.45, 2.75) is 0 Å². The number of ether oxygens (including phenoxy) is 2. The van der Waals surface area contributed by atoms with Gasteiger partial charge in [0.1, 0.15) is 17.1 Å². The van der Waals surface area contributed by atoms with E-state index >= 15 is 0 Å². The number of methoxy groups -OCH3 is 1. The highest BCUT2D eigenvalue weighted by Gasteiger charge is 2.20. The standard InChI is InChI=1S/C22H19FN4O3S2/c1-29-17-7-6-15(16-12-31-22(24-16)27-8-10-30-11-9-27)19-18(17)25-21(32-19)26-20(28)13-2-4-14(23)5-3-13/h2-7,12H,8-11H2,1H3,(H,25,26,28). The van der Waals surface area contributed by atoms with Crippen LogP contribution in [0.5, 0.6) is 5.75 Å². The summed E-state index contributed by atoms with van der Waals surface area (Å²) < 4.78 is 24.9. The molecular formula is C22H19FN4O3S2. The Morgan fingerprint density at radius 2 is 1.94 bits per heavy atom. The highest BCUT2D eigenvalue weighted by atomic mass is 32.1. The molecule has 1 N–H and O–H groups in total. The van der Waals surface area contributed by atoms with E-state index in [2.05, 4.69) is 15.2 Å². The summed E-state index contributed by atoms with van der Waals surface area (Å²) in [4.78, 5) is 24.2. The molecule has 3 heterocycles. The molecule has 1 saturated heterocycles. The maximum absolute atomic E-state index is 13.2. The van der Waals surface area contributed by atoms with E-state index in [1.807, 2.05) is 17.5 Å². The molecule has 2 aromatic carbocycles. The molecule has 7 nitrogen and oxygen atoms in total. The average Bonchev–Trinajstić information content (AvgIpc) is 3.47. The first-order valence-electron chi connectivity index (χ1n) is 9.95. The number of amides is 1. The summed E-state index contributed by atoms with van der Waals surface area (Å²) in [7, 11) is 1.59. The van der Waals surface area contributed by atoms with Gasteiger partial charge >= 0.3 is 0 Å². The van der Waals surface area contributed by atoms with Gasteiger partial charge in [0.2, 0.25) is 0 Å². The minimum Gasteiger partial charge on any atom is -0.494 e. The van der Waals surface area contributed by atoms with Crippen molar-refractivity contribution in [3.8, 4) is 17.0 Å². The molecule has 32 heavy (non-hydrogen) atoms. The third kappa shape index (κ3) is 4.04. The van der Waals surface area contributed by atoms with Crippen LogP contribution in [-0.2, 0) is 4.74 Å². The number of aromatic nitrogens is 2. The van der Waals surface area contributed by atoms with Gasteiger partial charge in [-0.15, -0.1) is 11.3 Å². The molecule has 2 aromatic heterocycles. The molecule has 4 aromatic rings. The zero-order chi connectivity index (χ0) is 22.1. The van der Waals surface area contributed by atoms with Crippen LogP contribution in [0.25, 0.3) is 21.5 Å². The van der Waals surface area contributed by atoms with Gasteiger partial charge < -0.3 is 14.4 Å². The Kier molecular flexibility index (Phi) is 5.73. The first kappa shape index (κ1) is 20.8. The second kappa shape index (κ2) is 8.81. The van der Waals surface area contributed by atoms with Crippen molar-refractivity contribution < 1.29 is 18.7 Å². The number of carbonyl (C=O) groups excluding carboxylic acids is 1. The highest BCUT2D eigenvalue weighted by Crippen LogP contribution is 2.40. The Morgan fingerprint density at radius 3 is 2.69 bits per heavy atom. The van der Waals surface area contributed by atoms with Gasteiger partial charge in [0.15, 0.2) is 10.3 Å². The van der Waals surface area contributed by atoms with Crippen molar-refractivity contribution in [2.24, 2.45) is 0 Å². The predicted molar refractivity (Wildman–Crippen MR) is 125 cm³/mol. The van der Waals surface area contributed by atoms with E-state index in [9.17, 15) is 9.18 Å². The van der Waals surface area contributed by atoms with Gasteiger partial charge in [-0.25, -0.2) is 14.4 Å². The Bertz CT molecular complexity index is 1270. The minimum atomic E-state index is -0.393. The molecule has 0 aliphatic carbocycles. The van der Waals surface area contributed by atoms with Crippen molar-refractivity contribution in [1.29, 1.82) is 0 Å². The summed E-state index contributed by atoms with van der Waals surface area (Å²) >= 11 is 2.95. The summed E-state index contributed by atoms with van der Waals surface area (Å²) in [5, 5.41) is 6.23. The van der Waals surface area contributed by atoms with Crippen LogP contribution in [0, 0.1) is 5.82 Å². The van der Waals surface area contributed by atoms with Gasteiger partial charge in [-0.05, 0) is 36.4 Å². The van der Waals surface area contributed by atoms with E-state index in [1.54, 1.807) is 18.4 Å². The van der Waals surface area contributed by atoms with E-state index in [-0.39, 0.29) is 5.91 Å². The fourth-order valence-electron chi connectivity index (χ4n) is 3.46. The van der Waals surface area contributed by atoms with Gasteiger partial charge in [0.25, 0.3) is 5.91 Å². The normalized spacial score (nSPS) is 14.0. The average molecular weight is 471 g/mol. The Hall–Kier alpha value is -3.08. The van der Waals surface area contributed by atoms with Crippen molar-refractivity contribution in [3.63, 3.8) is 0 Å². The lowest BCUT2D eigenvalue weighted by Gasteiger charge is -2.26. The fourth-order valence-corrected chi connectivity index (χ4v) is 5.34. The second-order valence-electron chi connectivity index (χ2n) is 7.09. The summed E-state index contributed by atoms with van der Waals surface area (Å²) in [5.74, 6) is -0.130. The summed E-state index contributed by atoms with van der Waals surface area (Å²) in [6.07, 6.45) is 0. The first-order valence-corrected chi connectivity index (χ1v) is 11.6. The van der Waals surface area contributed by atoms with Gasteiger partial charge in [0.05, 0.1) is 30.7 Å². The lowest BCUT2D eigenvalue weighted by atomic mass is 10.1. The van der Waals surface area contributed by atoms with Crippen LogP contribution in [-0.4, -0.2) is 49.3 Å². The number of hydrogen-bond acceptors (Lipinski definition) is 8. The summed E-state index contributed by atoms with van der Waals surface area (Å²) in [6, 6.07) is 9.20. The van der Waals surface area contributed by atoms with Gasteiger partial charge in [-0.3, -0.25) is 10.1 Å². The lowest BCUT2D eigenvalue weighted by molar-refractivity contribution is 0.102. The van der Waals surface area contributed by atoms with Crippen molar-refractivity contribution in [3.05, 3.63) is 53.2 Å². The lowest BCUT2D eigenvalue weighted by Crippen LogP contribution is -2.36. The van der Waals surface area contributed by atoms with Crippen molar-refractivity contribution in [1.82, 2.24) is 9.97 Å². The molecule has 1 aliphatic rings. The molecule has 0 radical (unpaired) electrons. The Labute approximate surface area is 191 Å². The zero-order valence-corrected chi connectivity index (χ0v) is 18.8. The predicted octanol–water partition coefficient (Wildman–Crippen LogP) is 4.66. The van der Waals surface area contributed by atoms with Crippen LogP contribution < -0.4 is 15.0 Å². The molecule has 0 spiro atoms. The number of nitrogens with zero attached hydrogens (tertiary/aromatic N) is 3. The molecule has 1 amide bonds. The maximum Gasteiger partial charge on any atom is 0.257 e. The molecule has 1 fully saturated rings. The Morgan fingerprint density at radius 1 is 1.16 bits per heavy atom.